The van der Waals surface area contributed by atoms with Crippen molar-refractivity contribution in [3.63, 3.8) is 0 Å². The molecule has 0 unspecified atom stereocenters. The smallest absolute Gasteiger partial charge is 0.303 e. The standard InChI is InChI=1S/C24H40O4Si/c1-19(14-10-7-8-13-17-23(26)27)22(28-29(5,6)24(2,3)4)18-21(25)20-15-11-9-12-16-20/h9,11-12,15-16,21-22,25H,1,7-8,10,13-14,17-18H2,2-6H3,(H,26,27)/t21-,22-/m1/s1. The van der Waals surface area contributed by atoms with Crippen molar-refractivity contribution in [3.8, 4) is 0 Å². The highest BCUT2D eigenvalue weighted by Gasteiger charge is 2.40. The molecule has 0 aliphatic heterocycles. The van der Waals surface area contributed by atoms with Crippen LogP contribution in [0.5, 0.6) is 0 Å². The number of hydrogen-bond donors (Lipinski definition) is 2. The average Bonchev–Trinajstić information content (AvgIpc) is 2.63. The molecule has 1 rings (SSSR count). The highest BCUT2D eigenvalue weighted by atomic mass is 28.4. The van der Waals surface area contributed by atoms with Gasteiger partial charge in [-0.05, 0) is 48.5 Å². The first kappa shape index (κ1) is 25.6. The van der Waals surface area contributed by atoms with Crippen LogP contribution < -0.4 is 0 Å². The van der Waals surface area contributed by atoms with Crippen LogP contribution in [-0.2, 0) is 9.22 Å². The number of unbranched alkanes of at least 4 members (excludes halogenated alkanes) is 3. The number of aliphatic hydroxyl groups is 1. The quantitative estimate of drug-likeness (QED) is 0.218. The van der Waals surface area contributed by atoms with E-state index >= 15 is 0 Å². The molecule has 0 radical (unpaired) electrons. The molecule has 2 N–H and O–H groups in total. The van der Waals surface area contributed by atoms with Gasteiger partial charge in [0, 0.05) is 12.8 Å². The molecule has 5 heteroatoms. The Morgan fingerprint density at radius 2 is 1.62 bits per heavy atom. The van der Waals surface area contributed by atoms with Gasteiger partial charge in [0.25, 0.3) is 0 Å². The summed E-state index contributed by atoms with van der Waals surface area (Å²) in [6, 6.07) is 9.71. The number of aliphatic hydroxyl groups excluding tert-OH is 1. The van der Waals surface area contributed by atoms with E-state index in [9.17, 15) is 9.90 Å². The van der Waals surface area contributed by atoms with E-state index in [2.05, 4.69) is 40.4 Å². The van der Waals surface area contributed by atoms with Crippen LogP contribution in [0.1, 0.15) is 77.4 Å². The number of aliphatic carboxylic acids is 1. The van der Waals surface area contributed by atoms with Crippen LogP contribution in [0.3, 0.4) is 0 Å². The van der Waals surface area contributed by atoms with Gasteiger partial charge < -0.3 is 14.6 Å². The lowest BCUT2D eigenvalue weighted by Gasteiger charge is -2.40. The molecule has 2 atom stereocenters. The first-order chi connectivity index (χ1) is 13.4. The third kappa shape index (κ3) is 9.28. The van der Waals surface area contributed by atoms with E-state index in [1.54, 1.807) is 0 Å². The Morgan fingerprint density at radius 3 is 2.14 bits per heavy atom. The zero-order valence-corrected chi connectivity index (χ0v) is 19.9. The summed E-state index contributed by atoms with van der Waals surface area (Å²) in [5.41, 5.74) is 1.93. The number of carboxylic acid groups (broad SMARTS) is 1. The molecule has 164 valence electrons. The van der Waals surface area contributed by atoms with Gasteiger partial charge >= 0.3 is 5.97 Å². The molecule has 0 aliphatic rings. The lowest BCUT2D eigenvalue weighted by Crippen LogP contribution is -2.44. The largest absolute Gasteiger partial charge is 0.481 e. The minimum atomic E-state index is -2.01. The SMILES string of the molecule is C=C(CCCCCCC(=O)O)[C@@H](C[C@@H](O)c1ccccc1)O[Si](C)(C)C(C)(C)C. The summed E-state index contributed by atoms with van der Waals surface area (Å²) < 4.78 is 6.67. The summed E-state index contributed by atoms with van der Waals surface area (Å²) in [4.78, 5) is 10.6. The van der Waals surface area contributed by atoms with E-state index in [0.29, 0.717) is 6.42 Å². The first-order valence-corrected chi connectivity index (χ1v) is 13.6. The molecule has 0 heterocycles. The van der Waals surface area contributed by atoms with Gasteiger partial charge in [0.05, 0.1) is 12.2 Å². The van der Waals surface area contributed by atoms with Crippen LogP contribution in [0, 0.1) is 0 Å². The fourth-order valence-corrected chi connectivity index (χ4v) is 4.32. The highest BCUT2D eigenvalue weighted by molar-refractivity contribution is 6.74. The fraction of sp³-hybridized carbons (Fsp3) is 0.625. The van der Waals surface area contributed by atoms with Gasteiger partial charge in [0.2, 0.25) is 0 Å². The fourth-order valence-electron chi connectivity index (χ4n) is 2.99. The van der Waals surface area contributed by atoms with Crippen molar-refractivity contribution in [2.75, 3.05) is 0 Å². The second-order valence-electron chi connectivity index (χ2n) is 9.50. The van der Waals surface area contributed by atoms with Crippen LogP contribution in [-0.4, -0.2) is 30.6 Å². The Labute approximate surface area is 178 Å². The molecule has 0 saturated carbocycles. The molecule has 0 aromatic heterocycles. The first-order valence-electron chi connectivity index (χ1n) is 10.7. The molecular weight excluding hydrogens is 380 g/mol. The summed E-state index contributed by atoms with van der Waals surface area (Å²) in [5, 5.41) is 19.6. The maximum atomic E-state index is 10.8. The summed E-state index contributed by atoms with van der Waals surface area (Å²) in [7, 11) is -2.01. The molecule has 0 saturated heterocycles. The van der Waals surface area contributed by atoms with Crippen LogP contribution >= 0.6 is 0 Å². The molecule has 0 fully saturated rings. The minimum Gasteiger partial charge on any atom is -0.481 e. The predicted molar refractivity (Wildman–Crippen MR) is 123 cm³/mol. The molecule has 4 nitrogen and oxygen atoms in total. The lowest BCUT2D eigenvalue weighted by atomic mass is 9.96. The van der Waals surface area contributed by atoms with Gasteiger partial charge in [-0.2, -0.15) is 0 Å². The monoisotopic (exact) mass is 420 g/mol. The van der Waals surface area contributed by atoms with Crippen molar-refractivity contribution in [3.05, 3.63) is 48.0 Å². The van der Waals surface area contributed by atoms with E-state index in [0.717, 1.165) is 43.2 Å². The Bertz CT molecular complexity index is 634. The van der Waals surface area contributed by atoms with Gasteiger partial charge in [-0.15, -0.1) is 0 Å². The molecule has 1 aromatic carbocycles. The van der Waals surface area contributed by atoms with E-state index in [-0.39, 0.29) is 17.6 Å². The van der Waals surface area contributed by atoms with Crippen molar-refractivity contribution < 1.29 is 19.4 Å². The van der Waals surface area contributed by atoms with Crippen molar-refractivity contribution in [1.82, 2.24) is 0 Å². The Balaban J connectivity index is 2.73. The van der Waals surface area contributed by atoms with Crippen molar-refractivity contribution in [1.29, 1.82) is 0 Å². The molecule has 0 aliphatic carbocycles. The molecule has 0 amide bonds. The topological polar surface area (TPSA) is 66.8 Å². The zero-order chi connectivity index (χ0) is 22.1. The maximum absolute atomic E-state index is 10.8. The summed E-state index contributed by atoms with van der Waals surface area (Å²) in [6.45, 7) is 15.4. The molecule has 0 spiro atoms. The number of carbonyl (C=O) groups is 1. The number of carboxylic acids is 1. The number of hydrogen-bond acceptors (Lipinski definition) is 3. The second kappa shape index (κ2) is 11.7. The summed E-state index contributed by atoms with van der Waals surface area (Å²) >= 11 is 0. The average molecular weight is 421 g/mol. The Hall–Kier alpha value is -1.43. The molecule has 0 bridgehead atoms. The molecular formula is C24H40O4Si. The van der Waals surface area contributed by atoms with Gasteiger partial charge in [-0.3, -0.25) is 4.79 Å². The highest BCUT2D eigenvalue weighted by Crippen LogP contribution is 2.39. The predicted octanol–water partition coefficient (Wildman–Crippen LogP) is 6.48. The van der Waals surface area contributed by atoms with Crippen LogP contribution in [0.15, 0.2) is 42.5 Å². The second-order valence-corrected chi connectivity index (χ2v) is 14.3. The maximum Gasteiger partial charge on any atom is 0.303 e. The summed E-state index contributed by atoms with van der Waals surface area (Å²) in [5.74, 6) is -0.729. The summed E-state index contributed by atoms with van der Waals surface area (Å²) in [6.07, 6.45) is 4.42. The van der Waals surface area contributed by atoms with Crippen molar-refractivity contribution in [2.24, 2.45) is 0 Å². The molecule has 1 aromatic rings. The van der Waals surface area contributed by atoms with Crippen molar-refractivity contribution >= 4 is 14.3 Å². The van der Waals surface area contributed by atoms with E-state index in [1.165, 1.54) is 0 Å². The van der Waals surface area contributed by atoms with Gasteiger partial charge in [0.15, 0.2) is 8.32 Å². The third-order valence-corrected chi connectivity index (χ3v) is 10.4. The van der Waals surface area contributed by atoms with Crippen LogP contribution in [0.25, 0.3) is 0 Å². The number of rotatable bonds is 13. The Kier molecular flexibility index (Phi) is 10.3. The van der Waals surface area contributed by atoms with Crippen LogP contribution in [0.2, 0.25) is 18.1 Å². The van der Waals surface area contributed by atoms with Crippen molar-refractivity contribution in [2.45, 2.75) is 96.1 Å². The minimum absolute atomic E-state index is 0.0834. The van der Waals surface area contributed by atoms with Crippen LogP contribution in [0.4, 0.5) is 0 Å². The van der Waals surface area contributed by atoms with E-state index in [1.807, 2.05) is 30.3 Å². The zero-order valence-electron chi connectivity index (χ0n) is 18.9. The molecule has 29 heavy (non-hydrogen) atoms. The van der Waals surface area contributed by atoms with Gasteiger partial charge in [-0.25, -0.2) is 0 Å². The Morgan fingerprint density at radius 1 is 1.07 bits per heavy atom. The lowest BCUT2D eigenvalue weighted by molar-refractivity contribution is -0.137. The van der Waals surface area contributed by atoms with Gasteiger partial charge in [0.1, 0.15) is 0 Å². The van der Waals surface area contributed by atoms with E-state index in [4.69, 9.17) is 9.53 Å². The van der Waals surface area contributed by atoms with Gasteiger partial charge in [-0.1, -0.05) is 70.5 Å². The van der Waals surface area contributed by atoms with E-state index < -0.39 is 20.4 Å². The number of benzene rings is 1. The normalized spacial score (nSPS) is 14.4. The third-order valence-electron chi connectivity index (χ3n) is 5.96.